The van der Waals surface area contributed by atoms with E-state index in [2.05, 4.69) is 56.9 Å². The lowest BCUT2D eigenvalue weighted by atomic mass is 9.84. The highest BCUT2D eigenvalue weighted by atomic mass is 16.5. The standard InChI is InChI=1S/C26H38N6O.C2H4O/c1-19(33-15-14-27-2)17-30-26-24(16-23(28-3)18-31-26)25(29-4)32-22-12-10-21(11-13-22)20-8-6-5-7-9-20;1-2-3/h10-13,16,18-20,27-28H,4-9,14-15,17H2,1-3H3,(H,30,31);2H,1H3. The van der Waals surface area contributed by atoms with E-state index in [0.29, 0.717) is 30.7 Å². The molecule has 196 valence electrons. The van der Waals surface area contributed by atoms with Gasteiger partial charge in [-0.15, -0.1) is 0 Å². The van der Waals surface area contributed by atoms with Gasteiger partial charge in [-0.25, -0.2) is 15.0 Å². The van der Waals surface area contributed by atoms with Gasteiger partial charge in [-0.1, -0.05) is 31.4 Å². The van der Waals surface area contributed by atoms with Crippen LogP contribution in [0.25, 0.3) is 0 Å². The van der Waals surface area contributed by atoms with Crippen molar-refractivity contribution in [3.05, 3.63) is 47.7 Å². The fraction of sp³-hybridized carbons (Fsp3) is 0.500. The van der Waals surface area contributed by atoms with Gasteiger partial charge in [0, 0.05) is 20.1 Å². The smallest absolute Gasteiger partial charge is 0.162 e. The van der Waals surface area contributed by atoms with Crippen LogP contribution in [-0.2, 0) is 9.53 Å². The number of anilines is 2. The predicted octanol–water partition coefficient (Wildman–Crippen LogP) is 5.19. The number of pyridine rings is 1. The summed E-state index contributed by atoms with van der Waals surface area (Å²) in [4.78, 5) is 22.4. The van der Waals surface area contributed by atoms with Gasteiger partial charge in [0.2, 0.25) is 0 Å². The molecule has 1 aliphatic rings. The maximum absolute atomic E-state index is 8.81. The molecule has 3 N–H and O–H groups in total. The van der Waals surface area contributed by atoms with Crippen molar-refractivity contribution in [2.24, 2.45) is 9.98 Å². The predicted molar refractivity (Wildman–Crippen MR) is 151 cm³/mol. The van der Waals surface area contributed by atoms with Crippen LogP contribution in [0.4, 0.5) is 17.2 Å². The van der Waals surface area contributed by atoms with Crippen molar-refractivity contribution in [2.75, 3.05) is 44.4 Å². The van der Waals surface area contributed by atoms with E-state index in [4.69, 9.17) is 14.5 Å². The van der Waals surface area contributed by atoms with Gasteiger partial charge < -0.3 is 25.5 Å². The van der Waals surface area contributed by atoms with Gasteiger partial charge in [0.25, 0.3) is 0 Å². The number of hydrogen-bond acceptors (Lipinski definition) is 7. The molecule has 0 aliphatic heterocycles. The fourth-order valence-corrected chi connectivity index (χ4v) is 4.13. The van der Waals surface area contributed by atoms with Crippen molar-refractivity contribution >= 4 is 36.0 Å². The average Bonchev–Trinajstić information content (AvgIpc) is 2.92. The lowest BCUT2D eigenvalue weighted by molar-refractivity contribution is -0.106. The number of ether oxygens (including phenoxy) is 1. The highest BCUT2D eigenvalue weighted by Gasteiger charge is 2.16. The molecule has 1 heterocycles. The van der Waals surface area contributed by atoms with E-state index in [1.165, 1.54) is 44.6 Å². The van der Waals surface area contributed by atoms with Gasteiger partial charge in [0.05, 0.1) is 35.8 Å². The number of aldehydes is 1. The summed E-state index contributed by atoms with van der Waals surface area (Å²) in [5.74, 6) is 1.93. The lowest BCUT2D eigenvalue weighted by Crippen LogP contribution is -2.25. The van der Waals surface area contributed by atoms with Gasteiger partial charge in [0.1, 0.15) is 12.1 Å². The Morgan fingerprint density at radius 2 is 1.92 bits per heavy atom. The SMILES string of the molecule is C=NC(=Nc1ccc(C2CCCCC2)cc1)c1cc(NC)cnc1NCC(C)OCCNC.CC=O. The summed E-state index contributed by atoms with van der Waals surface area (Å²) in [6.07, 6.45) is 9.19. The molecule has 3 rings (SSSR count). The highest BCUT2D eigenvalue weighted by molar-refractivity contribution is 6.06. The highest BCUT2D eigenvalue weighted by Crippen LogP contribution is 2.33. The van der Waals surface area contributed by atoms with E-state index in [-0.39, 0.29) is 6.10 Å². The van der Waals surface area contributed by atoms with Gasteiger partial charge >= 0.3 is 0 Å². The van der Waals surface area contributed by atoms with Crippen molar-refractivity contribution in [3.8, 4) is 0 Å². The summed E-state index contributed by atoms with van der Waals surface area (Å²) >= 11 is 0. The van der Waals surface area contributed by atoms with E-state index >= 15 is 0 Å². The third-order valence-electron chi connectivity index (χ3n) is 6.08. The molecule has 8 nitrogen and oxygen atoms in total. The molecule has 1 aliphatic carbocycles. The summed E-state index contributed by atoms with van der Waals surface area (Å²) in [6, 6.07) is 10.6. The minimum Gasteiger partial charge on any atom is -0.387 e. The summed E-state index contributed by atoms with van der Waals surface area (Å²) < 4.78 is 5.80. The Labute approximate surface area is 216 Å². The summed E-state index contributed by atoms with van der Waals surface area (Å²) in [5, 5.41) is 9.62. The number of nitrogens with zero attached hydrogens (tertiary/aromatic N) is 3. The quantitative estimate of drug-likeness (QED) is 0.172. The van der Waals surface area contributed by atoms with Crippen LogP contribution < -0.4 is 16.0 Å². The van der Waals surface area contributed by atoms with Gasteiger partial charge in [0.15, 0.2) is 5.84 Å². The minimum absolute atomic E-state index is 0.0430. The Morgan fingerprint density at radius 1 is 1.22 bits per heavy atom. The molecule has 0 radical (unpaired) electrons. The molecule has 2 aromatic rings. The maximum Gasteiger partial charge on any atom is 0.162 e. The number of nitrogens with one attached hydrogen (secondary N) is 3. The van der Waals surface area contributed by atoms with Gasteiger partial charge in [-0.05, 0) is 70.1 Å². The Morgan fingerprint density at radius 3 is 2.53 bits per heavy atom. The number of aromatic nitrogens is 1. The Balaban J connectivity index is 0.00000145. The first-order chi connectivity index (χ1) is 17.6. The molecular formula is C28H42N6O2. The molecule has 1 atom stereocenters. The molecule has 0 bridgehead atoms. The summed E-state index contributed by atoms with van der Waals surface area (Å²) in [5.41, 5.74) is 3.96. The van der Waals surface area contributed by atoms with Crippen LogP contribution in [0.1, 0.15) is 63.0 Å². The minimum atomic E-state index is 0.0430. The van der Waals surface area contributed by atoms with Crippen molar-refractivity contribution in [2.45, 2.75) is 58.0 Å². The Bertz CT molecular complexity index is 955. The molecule has 1 unspecified atom stereocenters. The van der Waals surface area contributed by atoms with Crippen LogP contribution in [0.15, 0.2) is 46.5 Å². The van der Waals surface area contributed by atoms with Crippen molar-refractivity contribution in [1.29, 1.82) is 0 Å². The van der Waals surface area contributed by atoms with Crippen LogP contribution in [0.2, 0.25) is 0 Å². The Kier molecular flexibility index (Phi) is 13.4. The van der Waals surface area contributed by atoms with Gasteiger partial charge in [-0.2, -0.15) is 0 Å². The molecule has 0 spiro atoms. The first-order valence-electron chi connectivity index (χ1n) is 12.8. The monoisotopic (exact) mass is 494 g/mol. The number of benzene rings is 1. The number of aliphatic imine (C=N–C) groups is 2. The van der Waals surface area contributed by atoms with E-state index in [1.807, 2.05) is 27.1 Å². The zero-order valence-corrected chi connectivity index (χ0v) is 22.2. The molecule has 1 aromatic carbocycles. The molecule has 8 heteroatoms. The molecule has 0 saturated heterocycles. The fourth-order valence-electron chi connectivity index (χ4n) is 4.13. The number of rotatable bonds is 11. The zero-order chi connectivity index (χ0) is 26.2. The number of amidine groups is 1. The number of carbonyl (C=O) groups excluding carboxylic acids is 1. The van der Waals surface area contributed by atoms with Crippen LogP contribution in [0, 0.1) is 0 Å². The third kappa shape index (κ3) is 9.51. The second kappa shape index (κ2) is 16.5. The molecule has 1 aromatic heterocycles. The zero-order valence-electron chi connectivity index (χ0n) is 22.2. The molecular weight excluding hydrogens is 452 g/mol. The maximum atomic E-state index is 8.81. The third-order valence-corrected chi connectivity index (χ3v) is 6.08. The summed E-state index contributed by atoms with van der Waals surface area (Å²) in [6.45, 7) is 9.37. The number of likely N-dealkylation sites (N-methyl/N-ethyl adjacent to an activating group) is 1. The first-order valence-corrected chi connectivity index (χ1v) is 12.8. The van der Waals surface area contributed by atoms with Crippen LogP contribution in [0.5, 0.6) is 0 Å². The largest absolute Gasteiger partial charge is 0.387 e. The number of hydrogen-bond donors (Lipinski definition) is 3. The molecule has 36 heavy (non-hydrogen) atoms. The second-order valence-corrected chi connectivity index (χ2v) is 8.79. The van der Waals surface area contributed by atoms with Crippen LogP contribution in [0.3, 0.4) is 0 Å². The van der Waals surface area contributed by atoms with E-state index in [0.717, 1.165) is 29.8 Å². The van der Waals surface area contributed by atoms with E-state index < -0.39 is 0 Å². The van der Waals surface area contributed by atoms with E-state index in [9.17, 15) is 0 Å². The topological polar surface area (TPSA) is 100 Å². The lowest BCUT2D eigenvalue weighted by Gasteiger charge is -2.21. The molecule has 1 saturated carbocycles. The van der Waals surface area contributed by atoms with Crippen LogP contribution in [-0.4, -0.2) is 63.7 Å². The average molecular weight is 495 g/mol. The molecule has 0 amide bonds. The Hall–Kier alpha value is -3.10. The van der Waals surface area contributed by atoms with Crippen molar-refractivity contribution in [3.63, 3.8) is 0 Å². The normalized spacial score (nSPS) is 14.8. The summed E-state index contributed by atoms with van der Waals surface area (Å²) in [7, 11) is 3.78. The van der Waals surface area contributed by atoms with Gasteiger partial charge in [-0.3, -0.25) is 0 Å². The van der Waals surface area contributed by atoms with Crippen molar-refractivity contribution in [1.82, 2.24) is 10.3 Å². The van der Waals surface area contributed by atoms with Crippen LogP contribution >= 0.6 is 0 Å². The van der Waals surface area contributed by atoms with E-state index in [1.54, 1.807) is 6.20 Å². The van der Waals surface area contributed by atoms with Crippen molar-refractivity contribution < 1.29 is 9.53 Å². The first kappa shape index (κ1) is 29.1. The number of carbonyl (C=O) groups is 1. The molecule has 1 fully saturated rings. The second-order valence-electron chi connectivity index (χ2n) is 8.79.